The van der Waals surface area contributed by atoms with Gasteiger partial charge in [-0.3, -0.25) is 9.89 Å². The molecule has 0 bridgehead atoms. The summed E-state index contributed by atoms with van der Waals surface area (Å²) < 4.78 is 0. The molecule has 2 N–H and O–H groups in total. The van der Waals surface area contributed by atoms with Gasteiger partial charge in [-0.05, 0) is 43.3 Å². The molecule has 1 heterocycles. The Kier molecular flexibility index (Phi) is 7.95. The van der Waals surface area contributed by atoms with Crippen LogP contribution in [0.5, 0.6) is 0 Å². The first-order valence-electron chi connectivity index (χ1n) is 8.94. The van der Waals surface area contributed by atoms with Crippen LogP contribution in [0.15, 0.2) is 41.4 Å². The summed E-state index contributed by atoms with van der Waals surface area (Å²) in [5.74, 6) is 0.834. The fourth-order valence-electron chi connectivity index (χ4n) is 2.70. The van der Waals surface area contributed by atoms with Crippen LogP contribution in [0.3, 0.4) is 0 Å². The van der Waals surface area contributed by atoms with Crippen molar-refractivity contribution >= 4 is 17.3 Å². The van der Waals surface area contributed by atoms with E-state index < -0.39 is 0 Å². The number of benzene rings is 1. The number of guanidine groups is 1. The van der Waals surface area contributed by atoms with Gasteiger partial charge in [-0.25, -0.2) is 0 Å². The molecule has 0 atom stereocenters. The maximum Gasteiger partial charge on any atom is 0.191 e. The Bertz CT molecular complexity index is 674. The van der Waals surface area contributed by atoms with Crippen molar-refractivity contribution in [1.82, 2.24) is 15.5 Å². The van der Waals surface area contributed by atoms with Crippen LogP contribution in [0.4, 0.5) is 0 Å². The van der Waals surface area contributed by atoms with E-state index in [0.717, 1.165) is 38.7 Å². The summed E-state index contributed by atoms with van der Waals surface area (Å²) in [6.45, 7) is 11.3. The molecular formula is C20H30N4S. The van der Waals surface area contributed by atoms with Gasteiger partial charge < -0.3 is 10.6 Å². The van der Waals surface area contributed by atoms with Crippen LogP contribution in [0, 0.1) is 6.92 Å². The molecule has 0 aliphatic rings. The largest absolute Gasteiger partial charge is 0.352 e. The summed E-state index contributed by atoms with van der Waals surface area (Å²) >= 11 is 1.82. The molecule has 5 heteroatoms. The molecule has 1 aromatic carbocycles. The minimum Gasteiger partial charge on any atom is -0.352 e. The number of hydrogen-bond acceptors (Lipinski definition) is 3. The second kappa shape index (κ2) is 10.2. The van der Waals surface area contributed by atoms with E-state index in [9.17, 15) is 0 Å². The van der Waals surface area contributed by atoms with Crippen molar-refractivity contribution < 1.29 is 0 Å². The molecular weight excluding hydrogens is 328 g/mol. The first-order valence-corrected chi connectivity index (χ1v) is 9.76. The summed E-state index contributed by atoms with van der Waals surface area (Å²) in [7, 11) is 1.81. The molecule has 0 radical (unpaired) electrons. The number of nitrogens with zero attached hydrogens (tertiary/aromatic N) is 2. The lowest BCUT2D eigenvalue weighted by Gasteiger charge is -2.18. The zero-order valence-corrected chi connectivity index (χ0v) is 16.6. The third-order valence-corrected chi connectivity index (χ3v) is 5.20. The molecule has 0 spiro atoms. The van der Waals surface area contributed by atoms with Crippen LogP contribution in [-0.2, 0) is 19.6 Å². The van der Waals surface area contributed by atoms with E-state index in [1.54, 1.807) is 0 Å². The average Bonchev–Trinajstić information content (AvgIpc) is 3.05. The van der Waals surface area contributed by atoms with Crippen molar-refractivity contribution in [2.45, 2.75) is 40.4 Å². The number of nitrogens with one attached hydrogen (secondary N) is 2. The standard InChI is InChI=1S/C20H30N4S/c1-5-24(6-2)15-18-9-7-8-17(12-18)13-22-20(21-4)23-14-19-11-10-16(3)25-19/h7-12H,5-6,13-15H2,1-4H3,(H2,21,22,23). The number of aryl methyl sites for hydroxylation is 1. The van der Waals surface area contributed by atoms with E-state index in [2.05, 4.69) is 77.7 Å². The molecule has 2 aromatic rings. The van der Waals surface area contributed by atoms with Gasteiger partial charge in [0.15, 0.2) is 5.96 Å². The van der Waals surface area contributed by atoms with Gasteiger partial charge in [-0.15, -0.1) is 11.3 Å². The van der Waals surface area contributed by atoms with Crippen molar-refractivity contribution in [3.05, 3.63) is 57.3 Å². The molecule has 0 unspecified atom stereocenters. The van der Waals surface area contributed by atoms with Gasteiger partial charge in [0.05, 0.1) is 6.54 Å². The van der Waals surface area contributed by atoms with Gasteiger partial charge in [-0.2, -0.15) is 0 Å². The normalized spacial score (nSPS) is 11.8. The summed E-state index contributed by atoms with van der Waals surface area (Å²) in [6.07, 6.45) is 0. The predicted molar refractivity (Wildman–Crippen MR) is 109 cm³/mol. The molecule has 0 fully saturated rings. The van der Waals surface area contributed by atoms with Gasteiger partial charge in [0.25, 0.3) is 0 Å². The van der Waals surface area contributed by atoms with Crippen molar-refractivity contribution in [3.63, 3.8) is 0 Å². The Balaban J connectivity index is 1.86. The van der Waals surface area contributed by atoms with Crippen LogP contribution in [0.1, 0.15) is 34.7 Å². The van der Waals surface area contributed by atoms with Gasteiger partial charge >= 0.3 is 0 Å². The number of thiophene rings is 1. The Morgan fingerprint density at radius 2 is 1.76 bits per heavy atom. The molecule has 25 heavy (non-hydrogen) atoms. The van der Waals surface area contributed by atoms with Crippen molar-refractivity contribution in [2.75, 3.05) is 20.1 Å². The first kappa shape index (κ1) is 19.5. The van der Waals surface area contributed by atoms with E-state index in [0.29, 0.717) is 0 Å². The molecule has 0 saturated carbocycles. The summed E-state index contributed by atoms with van der Waals surface area (Å²) in [5, 5.41) is 6.78. The smallest absolute Gasteiger partial charge is 0.191 e. The Morgan fingerprint density at radius 3 is 2.40 bits per heavy atom. The van der Waals surface area contributed by atoms with Gasteiger partial charge in [0.2, 0.25) is 0 Å². The van der Waals surface area contributed by atoms with Gasteiger partial charge in [0, 0.05) is 29.9 Å². The number of rotatable bonds is 8. The minimum absolute atomic E-state index is 0.773. The van der Waals surface area contributed by atoms with Crippen LogP contribution in [0.2, 0.25) is 0 Å². The lowest BCUT2D eigenvalue weighted by molar-refractivity contribution is 0.296. The first-order chi connectivity index (χ1) is 12.1. The zero-order chi connectivity index (χ0) is 18.1. The van der Waals surface area contributed by atoms with Crippen LogP contribution >= 0.6 is 11.3 Å². The molecule has 136 valence electrons. The van der Waals surface area contributed by atoms with Crippen molar-refractivity contribution in [3.8, 4) is 0 Å². The topological polar surface area (TPSA) is 39.7 Å². The molecule has 0 amide bonds. The van der Waals surface area contributed by atoms with Gasteiger partial charge in [-0.1, -0.05) is 38.1 Å². The lowest BCUT2D eigenvalue weighted by atomic mass is 10.1. The molecule has 2 rings (SSSR count). The third kappa shape index (κ3) is 6.52. The third-order valence-electron chi connectivity index (χ3n) is 4.20. The summed E-state index contributed by atoms with van der Waals surface area (Å²) in [4.78, 5) is 9.40. The SMILES string of the molecule is CCN(CC)Cc1cccc(CNC(=NC)NCc2ccc(C)s2)c1. The fourth-order valence-corrected chi connectivity index (χ4v) is 3.53. The predicted octanol–water partition coefficient (Wildman–Crippen LogP) is 3.76. The molecule has 4 nitrogen and oxygen atoms in total. The van der Waals surface area contributed by atoms with E-state index in [1.165, 1.54) is 20.9 Å². The van der Waals surface area contributed by atoms with Crippen LogP contribution in [0.25, 0.3) is 0 Å². The van der Waals surface area contributed by atoms with Crippen LogP contribution < -0.4 is 10.6 Å². The number of hydrogen-bond donors (Lipinski definition) is 2. The summed E-state index contributed by atoms with van der Waals surface area (Å²) in [5.41, 5.74) is 2.64. The molecule has 1 aromatic heterocycles. The van der Waals surface area contributed by atoms with Crippen molar-refractivity contribution in [1.29, 1.82) is 0 Å². The Labute approximate surface area is 156 Å². The molecule has 0 saturated heterocycles. The maximum absolute atomic E-state index is 4.31. The second-order valence-corrected chi connectivity index (χ2v) is 7.45. The van der Waals surface area contributed by atoms with Crippen LogP contribution in [-0.4, -0.2) is 31.0 Å². The fraction of sp³-hybridized carbons (Fsp3) is 0.450. The highest BCUT2D eigenvalue weighted by atomic mass is 32.1. The van der Waals surface area contributed by atoms with E-state index >= 15 is 0 Å². The van der Waals surface area contributed by atoms with Gasteiger partial charge in [0.1, 0.15) is 0 Å². The monoisotopic (exact) mass is 358 g/mol. The number of aliphatic imine (C=N–C) groups is 1. The average molecular weight is 359 g/mol. The molecule has 0 aliphatic heterocycles. The second-order valence-electron chi connectivity index (χ2n) is 6.07. The summed E-state index contributed by atoms with van der Waals surface area (Å²) in [6, 6.07) is 13.1. The minimum atomic E-state index is 0.773. The Morgan fingerprint density at radius 1 is 1.04 bits per heavy atom. The highest BCUT2D eigenvalue weighted by Crippen LogP contribution is 2.14. The van der Waals surface area contributed by atoms with E-state index in [1.807, 2.05) is 18.4 Å². The zero-order valence-electron chi connectivity index (χ0n) is 15.8. The highest BCUT2D eigenvalue weighted by molar-refractivity contribution is 7.11. The highest BCUT2D eigenvalue weighted by Gasteiger charge is 2.04. The van der Waals surface area contributed by atoms with E-state index in [4.69, 9.17) is 0 Å². The quantitative estimate of drug-likeness (QED) is 0.557. The Hall–Kier alpha value is -1.85. The molecule has 0 aliphatic carbocycles. The lowest BCUT2D eigenvalue weighted by Crippen LogP contribution is -2.36. The van der Waals surface area contributed by atoms with E-state index in [-0.39, 0.29) is 0 Å². The van der Waals surface area contributed by atoms with Crippen molar-refractivity contribution in [2.24, 2.45) is 4.99 Å². The maximum atomic E-state index is 4.31.